The molecule has 1 N–H and O–H groups in total. The topological polar surface area (TPSA) is 40.5 Å². The Morgan fingerprint density at radius 3 is 3.00 bits per heavy atom. The van der Waals surface area contributed by atoms with E-state index in [2.05, 4.69) is 12.1 Å². The van der Waals surface area contributed by atoms with Crippen LogP contribution in [0.4, 0.5) is 0 Å². The highest BCUT2D eigenvalue weighted by atomic mass is 16.3. The van der Waals surface area contributed by atoms with Crippen molar-refractivity contribution in [2.75, 3.05) is 6.54 Å². The van der Waals surface area contributed by atoms with Crippen LogP contribution in [0.3, 0.4) is 0 Å². The van der Waals surface area contributed by atoms with Crippen LogP contribution in [0.2, 0.25) is 0 Å². The number of nitrogens with zero attached hydrogens (tertiary/aromatic N) is 1. The van der Waals surface area contributed by atoms with Gasteiger partial charge in [0.1, 0.15) is 5.76 Å². The maximum atomic E-state index is 11.7. The number of fused-ring (bicyclic) bond motifs is 3. The highest BCUT2D eigenvalue weighted by molar-refractivity contribution is 5.89. The fourth-order valence-corrected chi connectivity index (χ4v) is 2.62. The predicted molar refractivity (Wildman–Crippen MR) is 59.9 cm³/mol. The third-order valence-electron chi connectivity index (χ3n) is 3.39. The average Bonchev–Trinajstić information content (AvgIpc) is 2.28. The van der Waals surface area contributed by atoms with Crippen LogP contribution < -0.4 is 0 Å². The first-order valence-corrected chi connectivity index (χ1v) is 5.53. The lowest BCUT2D eigenvalue weighted by atomic mass is 9.88. The number of hydrogen-bond donors (Lipinski definition) is 1. The van der Waals surface area contributed by atoms with Gasteiger partial charge in [0.25, 0.3) is 0 Å². The lowest BCUT2D eigenvalue weighted by molar-refractivity contribution is -0.130. The van der Waals surface area contributed by atoms with Crippen molar-refractivity contribution in [3.8, 4) is 0 Å². The molecule has 0 aromatic heterocycles. The molecule has 0 spiro atoms. The van der Waals surface area contributed by atoms with E-state index in [0.717, 1.165) is 13.0 Å². The van der Waals surface area contributed by atoms with E-state index in [4.69, 9.17) is 0 Å². The van der Waals surface area contributed by atoms with Gasteiger partial charge in [-0.15, -0.1) is 0 Å². The molecule has 1 unspecified atom stereocenters. The summed E-state index contributed by atoms with van der Waals surface area (Å²) in [6, 6.07) is 8.20. The monoisotopic (exact) mass is 215 g/mol. The molecular weight excluding hydrogens is 202 g/mol. The van der Waals surface area contributed by atoms with Gasteiger partial charge in [-0.2, -0.15) is 0 Å². The van der Waals surface area contributed by atoms with Crippen molar-refractivity contribution in [3.05, 3.63) is 47.2 Å². The molecule has 1 atom stereocenters. The zero-order chi connectivity index (χ0) is 11.1. The van der Waals surface area contributed by atoms with Crippen LogP contribution in [-0.2, 0) is 11.2 Å². The van der Waals surface area contributed by atoms with Crippen molar-refractivity contribution in [1.82, 2.24) is 4.90 Å². The first kappa shape index (κ1) is 9.46. The van der Waals surface area contributed by atoms with E-state index in [-0.39, 0.29) is 17.7 Å². The fourth-order valence-electron chi connectivity index (χ4n) is 2.62. The Bertz CT molecular complexity index is 479. The highest BCUT2D eigenvalue weighted by Gasteiger charge is 2.33. The minimum atomic E-state index is -0.0664. The van der Waals surface area contributed by atoms with E-state index >= 15 is 0 Å². The van der Waals surface area contributed by atoms with Gasteiger partial charge < -0.3 is 10.0 Å². The largest absolute Gasteiger partial charge is 0.512 e. The van der Waals surface area contributed by atoms with Gasteiger partial charge in [-0.25, -0.2) is 0 Å². The van der Waals surface area contributed by atoms with Crippen molar-refractivity contribution in [2.24, 2.45) is 0 Å². The Morgan fingerprint density at radius 1 is 1.31 bits per heavy atom. The van der Waals surface area contributed by atoms with E-state index in [1.165, 1.54) is 17.2 Å². The molecule has 0 aliphatic carbocycles. The molecule has 0 radical (unpaired) electrons. The van der Waals surface area contributed by atoms with Crippen LogP contribution in [0.15, 0.2) is 36.1 Å². The number of aliphatic hydroxyl groups is 1. The zero-order valence-electron chi connectivity index (χ0n) is 8.89. The number of carbonyl (C=O) groups excluding carboxylic acids is 1. The van der Waals surface area contributed by atoms with Gasteiger partial charge in [-0.05, 0) is 17.5 Å². The summed E-state index contributed by atoms with van der Waals surface area (Å²) < 4.78 is 0. The molecule has 82 valence electrons. The molecule has 1 aromatic carbocycles. The van der Waals surface area contributed by atoms with Crippen LogP contribution in [0.1, 0.15) is 23.6 Å². The molecular formula is C13H13NO2. The van der Waals surface area contributed by atoms with Crippen molar-refractivity contribution in [1.29, 1.82) is 0 Å². The standard InChI is InChI=1S/C13H13NO2/c15-10-7-12-11-4-2-1-3-9(11)5-6-14(12)13(16)8-10/h1-4,8,12,15H,5-7H2. The van der Waals surface area contributed by atoms with Gasteiger partial charge in [-0.1, -0.05) is 24.3 Å². The van der Waals surface area contributed by atoms with Crippen molar-refractivity contribution >= 4 is 5.91 Å². The number of aliphatic hydroxyl groups excluding tert-OH is 1. The summed E-state index contributed by atoms with van der Waals surface area (Å²) in [4.78, 5) is 13.6. The summed E-state index contributed by atoms with van der Waals surface area (Å²) in [6.07, 6.45) is 2.79. The molecule has 0 saturated heterocycles. The molecule has 16 heavy (non-hydrogen) atoms. The summed E-state index contributed by atoms with van der Waals surface area (Å²) in [7, 11) is 0. The van der Waals surface area contributed by atoms with E-state index in [9.17, 15) is 9.90 Å². The summed E-state index contributed by atoms with van der Waals surface area (Å²) in [6.45, 7) is 0.754. The van der Waals surface area contributed by atoms with Crippen molar-refractivity contribution < 1.29 is 9.90 Å². The smallest absolute Gasteiger partial charge is 0.250 e. The van der Waals surface area contributed by atoms with Gasteiger partial charge >= 0.3 is 0 Å². The van der Waals surface area contributed by atoms with E-state index in [1.807, 2.05) is 17.0 Å². The molecule has 3 heteroatoms. The molecule has 3 rings (SSSR count). The molecule has 1 aromatic rings. The van der Waals surface area contributed by atoms with Crippen LogP contribution in [0, 0.1) is 0 Å². The Labute approximate surface area is 94.0 Å². The Morgan fingerprint density at radius 2 is 2.12 bits per heavy atom. The number of rotatable bonds is 0. The SMILES string of the molecule is O=C1C=C(O)CC2c3ccccc3CCN12. The maximum absolute atomic E-state index is 11.7. The van der Waals surface area contributed by atoms with E-state index in [0.29, 0.717) is 6.42 Å². The van der Waals surface area contributed by atoms with Crippen molar-refractivity contribution in [3.63, 3.8) is 0 Å². The Hall–Kier alpha value is -1.77. The van der Waals surface area contributed by atoms with Crippen LogP contribution in [0.25, 0.3) is 0 Å². The summed E-state index contributed by atoms with van der Waals surface area (Å²) >= 11 is 0. The molecule has 1 amide bonds. The van der Waals surface area contributed by atoms with Gasteiger partial charge in [0.15, 0.2) is 0 Å². The maximum Gasteiger partial charge on any atom is 0.250 e. The second kappa shape index (κ2) is 3.37. The quantitative estimate of drug-likeness (QED) is 0.718. The second-order valence-electron chi connectivity index (χ2n) is 4.34. The average molecular weight is 215 g/mol. The predicted octanol–water partition coefficient (Wildman–Crippen LogP) is 1.96. The highest BCUT2D eigenvalue weighted by Crippen LogP contribution is 2.36. The van der Waals surface area contributed by atoms with Crippen molar-refractivity contribution in [2.45, 2.75) is 18.9 Å². The Balaban J connectivity index is 2.07. The molecule has 0 bridgehead atoms. The lowest BCUT2D eigenvalue weighted by Crippen LogP contribution is -2.41. The summed E-state index contributed by atoms with van der Waals surface area (Å²) in [5.41, 5.74) is 2.48. The van der Waals surface area contributed by atoms with E-state index < -0.39 is 0 Å². The normalized spacial score (nSPS) is 23.5. The van der Waals surface area contributed by atoms with E-state index in [1.54, 1.807) is 0 Å². The summed E-state index contributed by atoms with van der Waals surface area (Å²) in [5, 5.41) is 9.56. The van der Waals surface area contributed by atoms with Gasteiger partial charge in [-0.3, -0.25) is 4.79 Å². The third kappa shape index (κ3) is 1.32. The third-order valence-corrected chi connectivity index (χ3v) is 3.39. The minimum Gasteiger partial charge on any atom is -0.512 e. The van der Waals surface area contributed by atoms with Gasteiger partial charge in [0.05, 0.1) is 6.04 Å². The molecule has 0 saturated carbocycles. The number of carbonyl (C=O) groups is 1. The second-order valence-corrected chi connectivity index (χ2v) is 4.34. The Kier molecular flexibility index (Phi) is 1.99. The number of amides is 1. The first-order chi connectivity index (χ1) is 7.75. The van der Waals surface area contributed by atoms with Crippen LogP contribution in [-0.4, -0.2) is 22.5 Å². The zero-order valence-corrected chi connectivity index (χ0v) is 8.89. The molecule has 3 nitrogen and oxygen atoms in total. The van der Waals surface area contributed by atoms with Crippen LogP contribution in [0.5, 0.6) is 0 Å². The molecule has 2 heterocycles. The molecule has 2 aliphatic heterocycles. The van der Waals surface area contributed by atoms with Crippen LogP contribution >= 0.6 is 0 Å². The summed E-state index contributed by atoms with van der Waals surface area (Å²) in [5.74, 6) is 0.131. The first-order valence-electron chi connectivity index (χ1n) is 5.53. The lowest BCUT2D eigenvalue weighted by Gasteiger charge is -2.38. The molecule has 0 fully saturated rings. The fraction of sp³-hybridized carbons (Fsp3) is 0.308. The number of hydrogen-bond acceptors (Lipinski definition) is 2. The minimum absolute atomic E-state index is 0.0300. The molecule has 2 aliphatic rings. The number of benzene rings is 1. The van der Waals surface area contributed by atoms with Gasteiger partial charge in [0, 0.05) is 19.0 Å². The van der Waals surface area contributed by atoms with Gasteiger partial charge in [0.2, 0.25) is 5.91 Å².